The molecule has 42 valence electrons. The Kier molecular flexibility index (Phi) is 3.65. The van der Waals surface area contributed by atoms with Gasteiger partial charge in [0.05, 0.1) is 12.7 Å². The second kappa shape index (κ2) is 3.84. The van der Waals surface area contributed by atoms with E-state index in [0.29, 0.717) is 0 Å². The van der Waals surface area contributed by atoms with Gasteiger partial charge in [0.1, 0.15) is 0 Å². The van der Waals surface area contributed by atoms with Crippen LogP contribution in [0.1, 0.15) is 6.92 Å². The van der Waals surface area contributed by atoms with Crippen LogP contribution in [0.3, 0.4) is 0 Å². The molecule has 0 rings (SSSR count). The molecule has 0 radical (unpaired) electrons. The summed E-state index contributed by atoms with van der Waals surface area (Å²) in [7, 11) is 0. The minimum Gasteiger partial charge on any atom is -0.392 e. The van der Waals surface area contributed by atoms with Gasteiger partial charge in [-0.2, -0.15) is 0 Å². The van der Waals surface area contributed by atoms with Crippen molar-refractivity contribution in [2.24, 2.45) is 0 Å². The van der Waals surface area contributed by atoms with Gasteiger partial charge in [0.25, 0.3) is 0 Å². The SMILES string of the molecule is CC(O)/C=C\CO. The maximum Gasteiger partial charge on any atom is 0.0693 e. The lowest BCUT2D eigenvalue weighted by molar-refractivity contribution is 0.242. The Hall–Kier alpha value is -0.340. The van der Waals surface area contributed by atoms with Gasteiger partial charge in [-0.05, 0) is 6.92 Å². The van der Waals surface area contributed by atoms with Gasteiger partial charge < -0.3 is 10.2 Å². The number of rotatable bonds is 2. The van der Waals surface area contributed by atoms with Crippen molar-refractivity contribution in [2.75, 3.05) is 6.61 Å². The first kappa shape index (κ1) is 6.66. The Labute approximate surface area is 43.1 Å². The fraction of sp³-hybridized carbons (Fsp3) is 0.600. The quantitative estimate of drug-likeness (QED) is 0.478. The van der Waals surface area contributed by atoms with E-state index >= 15 is 0 Å². The zero-order valence-electron chi connectivity index (χ0n) is 4.33. The Morgan fingerprint density at radius 3 is 2.43 bits per heavy atom. The molecule has 1 atom stereocenters. The Bertz CT molecular complexity index is 57.1. The molecule has 2 heteroatoms. The second-order valence-electron chi connectivity index (χ2n) is 1.35. The summed E-state index contributed by atoms with van der Waals surface area (Å²) >= 11 is 0. The standard InChI is InChI=1S/C5H10O2/c1-5(7)3-2-4-6/h2-3,5-7H,4H2,1H3/b3-2-. The smallest absolute Gasteiger partial charge is 0.0693 e. The summed E-state index contributed by atoms with van der Waals surface area (Å²) in [6.07, 6.45) is 2.59. The Morgan fingerprint density at radius 1 is 1.71 bits per heavy atom. The molecule has 1 unspecified atom stereocenters. The van der Waals surface area contributed by atoms with Crippen molar-refractivity contribution in [1.29, 1.82) is 0 Å². The number of hydrogen-bond donors (Lipinski definition) is 2. The minimum atomic E-state index is -0.438. The van der Waals surface area contributed by atoms with Gasteiger partial charge >= 0.3 is 0 Å². The monoisotopic (exact) mass is 102 g/mol. The predicted molar refractivity (Wildman–Crippen MR) is 27.9 cm³/mol. The third-order valence-corrected chi connectivity index (χ3v) is 0.520. The largest absolute Gasteiger partial charge is 0.392 e. The summed E-state index contributed by atoms with van der Waals surface area (Å²) in [5.41, 5.74) is 0. The molecule has 0 aromatic carbocycles. The molecular formula is C5H10O2. The highest BCUT2D eigenvalue weighted by Crippen LogP contribution is 1.79. The summed E-state index contributed by atoms with van der Waals surface area (Å²) in [4.78, 5) is 0. The van der Waals surface area contributed by atoms with E-state index in [0.717, 1.165) is 0 Å². The number of aliphatic hydroxyl groups is 2. The first-order valence-corrected chi connectivity index (χ1v) is 2.23. The van der Waals surface area contributed by atoms with Crippen LogP contribution >= 0.6 is 0 Å². The lowest BCUT2D eigenvalue weighted by Crippen LogP contribution is -1.91. The maximum atomic E-state index is 8.49. The van der Waals surface area contributed by atoms with E-state index in [4.69, 9.17) is 10.2 Å². The van der Waals surface area contributed by atoms with Crippen LogP contribution in [-0.2, 0) is 0 Å². The van der Waals surface area contributed by atoms with Crippen LogP contribution in [0.4, 0.5) is 0 Å². The summed E-state index contributed by atoms with van der Waals surface area (Å²) in [6.45, 7) is 1.64. The fourth-order valence-electron chi connectivity index (χ4n) is 0.258. The third kappa shape index (κ3) is 5.66. The van der Waals surface area contributed by atoms with Crippen LogP contribution in [0.15, 0.2) is 12.2 Å². The molecule has 0 spiro atoms. The highest BCUT2D eigenvalue weighted by molar-refractivity contribution is 4.85. The van der Waals surface area contributed by atoms with Crippen molar-refractivity contribution < 1.29 is 10.2 Å². The van der Waals surface area contributed by atoms with Crippen LogP contribution in [-0.4, -0.2) is 22.9 Å². The van der Waals surface area contributed by atoms with E-state index in [1.165, 1.54) is 12.2 Å². The lowest BCUT2D eigenvalue weighted by Gasteiger charge is -1.88. The Balaban J connectivity index is 3.08. The van der Waals surface area contributed by atoms with Crippen LogP contribution in [0, 0.1) is 0 Å². The van der Waals surface area contributed by atoms with Crippen LogP contribution < -0.4 is 0 Å². The topological polar surface area (TPSA) is 40.5 Å². The lowest BCUT2D eigenvalue weighted by atomic mass is 10.4. The van der Waals surface area contributed by atoms with Crippen molar-refractivity contribution in [3.05, 3.63) is 12.2 Å². The molecule has 0 aliphatic heterocycles. The van der Waals surface area contributed by atoms with Crippen molar-refractivity contribution in [2.45, 2.75) is 13.0 Å². The van der Waals surface area contributed by atoms with Gasteiger partial charge in [0.15, 0.2) is 0 Å². The number of hydrogen-bond acceptors (Lipinski definition) is 2. The molecule has 0 heterocycles. The fourth-order valence-corrected chi connectivity index (χ4v) is 0.258. The van der Waals surface area contributed by atoms with E-state index in [1.54, 1.807) is 6.92 Å². The zero-order chi connectivity index (χ0) is 5.70. The van der Waals surface area contributed by atoms with Crippen molar-refractivity contribution in [1.82, 2.24) is 0 Å². The first-order chi connectivity index (χ1) is 3.27. The summed E-state index contributed by atoms with van der Waals surface area (Å²) in [6, 6.07) is 0. The van der Waals surface area contributed by atoms with Crippen molar-refractivity contribution >= 4 is 0 Å². The molecule has 0 aromatic rings. The van der Waals surface area contributed by atoms with Gasteiger partial charge in [-0.3, -0.25) is 0 Å². The molecule has 0 aromatic heterocycles. The van der Waals surface area contributed by atoms with Gasteiger partial charge in [-0.1, -0.05) is 12.2 Å². The van der Waals surface area contributed by atoms with E-state index in [9.17, 15) is 0 Å². The molecule has 0 aliphatic rings. The van der Waals surface area contributed by atoms with E-state index < -0.39 is 6.10 Å². The zero-order valence-corrected chi connectivity index (χ0v) is 4.33. The van der Waals surface area contributed by atoms with Gasteiger partial charge in [-0.25, -0.2) is 0 Å². The molecule has 2 N–H and O–H groups in total. The van der Waals surface area contributed by atoms with Crippen LogP contribution in [0.25, 0.3) is 0 Å². The molecule has 0 bridgehead atoms. The maximum absolute atomic E-state index is 8.49. The average molecular weight is 102 g/mol. The summed E-state index contributed by atoms with van der Waals surface area (Å²) in [5, 5.41) is 16.6. The second-order valence-corrected chi connectivity index (χ2v) is 1.35. The van der Waals surface area contributed by atoms with E-state index in [1.807, 2.05) is 0 Å². The van der Waals surface area contributed by atoms with Crippen LogP contribution in [0.2, 0.25) is 0 Å². The highest BCUT2D eigenvalue weighted by Gasteiger charge is 1.80. The summed E-state index contributed by atoms with van der Waals surface area (Å²) in [5.74, 6) is 0. The molecule has 0 saturated heterocycles. The molecule has 0 amide bonds. The molecule has 2 nitrogen and oxygen atoms in total. The number of aliphatic hydroxyl groups excluding tert-OH is 2. The first-order valence-electron chi connectivity index (χ1n) is 2.23. The van der Waals surface area contributed by atoms with Crippen molar-refractivity contribution in [3.8, 4) is 0 Å². The van der Waals surface area contributed by atoms with Crippen molar-refractivity contribution in [3.63, 3.8) is 0 Å². The predicted octanol–water partition coefficient (Wildman–Crippen LogP) is -0.0843. The normalized spacial score (nSPS) is 15.3. The highest BCUT2D eigenvalue weighted by atomic mass is 16.3. The van der Waals surface area contributed by atoms with E-state index in [2.05, 4.69) is 0 Å². The summed E-state index contributed by atoms with van der Waals surface area (Å²) < 4.78 is 0. The molecule has 0 fully saturated rings. The van der Waals surface area contributed by atoms with Gasteiger partial charge in [0.2, 0.25) is 0 Å². The van der Waals surface area contributed by atoms with Crippen LogP contribution in [0.5, 0.6) is 0 Å². The molecule has 7 heavy (non-hydrogen) atoms. The average Bonchev–Trinajstić information content (AvgIpc) is 1.61. The van der Waals surface area contributed by atoms with Gasteiger partial charge in [0, 0.05) is 0 Å². The van der Waals surface area contributed by atoms with E-state index in [-0.39, 0.29) is 6.61 Å². The minimum absolute atomic E-state index is 0.00486. The van der Waals surface area contributed by atoms with Gasteiger partial charge in [-0.15, -0.1) is 0 Å². The molecular weight excluding hydrogens is 92.1 g/mol. The third-order valence-electron chi connectivity index (χ3n) is 0.520. The molecule has 0 saturated carbocycles. The molecule has 0 aliphatic carbocycles. The Morgan fingerprint density at radius 2 is 2.29 bits per heavy atom.